The smallest absolute Gasteiger partial charge is 0.320 e. The molecule has 0 saturated heterocycles. The van der Waals surface area contributed by atoms with Gasteiger partial charge in [0.25, 0.3) is 0 Å². The molecule has 0 aliphatic carbocycles. The average molecular weight is 231 g/mol. The van der Waals surface area contributed by atoms with Crippen molar-refractivity contribution in [3.05, 3.63) is 0 Å². The Balaban J connectivity index is 3.07. The van der Waals surface area contributed by atoms with Crippen LogP contribution in [0.15, 0.2) is 0 Å². The van der Waals surface area contributed by atoms with Crippen molar-refractivity contribution in [1.82, 2.24) is 5.32 Å². The first kappa shape index (κ1) is 15.3. The summed E-state index contributed by atoms with van der Waals surface area (Å²) in [6.07, 6.45) is 6.02. The summed E-state index contributed by atoms with van der Waals surface area (Å²) in [5.74, 6) is -0.915. The molecule has 0 saturated carbocycles. The number of carbonyl (C=O) groups is 1. The Hall–Kier alpha value is -0.650. The van der Waals surface area contributed by atoms with Crippen molar-refractivity contribution in [2.75, 3.05) is 19.6 Å². The summed E-state index contributed by atoms with van der Waals surface area (Å²) < 4.78 is 0. The standard InChI is InChI=1S/C11H25N3O2/c12-7-3-1-2-4-8-14-9-5-6-10(13)11(15)16/h10,14H,1-9,12-13H2,(H,15,16)/t10-/m0/s1. The van der Waals surface area contributed by atoms with Gasteiger partial charge in [0, 0.05) is 0 Å². The van der Waals surface area contributed by atoms with Gasteiger partial charge in [0.05, 0.1) is 0 Å². The summed E-state index contributed by atoms with van der Waals surface area (Å²) in [5, 5.41) is 11.8. The van der Waals surface area contributed by atoms with Gasteiger partial charge in [-0.2, -0.15) is 0 Å². The predicted octanol–water partition coefficient (Wildman–Crippen LogP) is 0.287. The highest BCUT2D eigenvalue weighted by molar-refractivity contribution is 5.72. The first-order valence-electron chi connectivity index (χ1n) is 6.07. The molecule has 0 aromatic heterocycles. The lowest BCUT2D eigenvalue weighted by atomic mass is 10.1. The third kappa shape index (κ3) is 9.89. The highest BCUT2D eigenvalue weighted by Crippen LogP contribution is 1.97. The molecule has 0 bridgehead atoms. The van der Waals surface area contributed by atoms with Gasteiger partial charge >= 0.3 is 5.97 Å². The van der Waals surface area contributed by atoms with Crippen molar-refractivity contribution < 1.29 is 9.90 Å². The zero-order valence-corrected chi connectivity index (χ0v) is 9.95. The number of unbranched alkanes of at least 4 members (excludes halogenated alkanes) is 3. The van der Waals surface area contributed by atoms with Crippen molar-refractivity contribution in [3.8, 4) is 0 Å². The van der Waals surface area contributed by atoms with E-state index in [1.165, 1.54) is 12.8 Å². The second-order valence-corrected chi connectivity index (χ2v) is 4.04. The van der Waals surface area contributed by atoms with E-state index in [2.05, 4.69) is 5.32 Å². The molecular formula is C11H25N3O2. The van der Waals surface area contributed by atoms with E-state index in [4.69, 9.17) is 16.6 Å². The van der Waals surface area contributed by atoms with Gasteiger partial charge in [0.2, 0.25) is 0 Å². The van der Waals surface area contributed by atoms with E-state index >= 15 is 0 Å². The zero-order valence-electron chi connectivity index (χ0n) is 9.95. The molecule has 0 rings (SSSR count). The van der Waals surface area contributed by atoms with Crippen molar-refractivity contribution in [2.45, 2.75) is 44.6 Å². The Morgan fingerprint density at radius 3 is 2.38 bits per heavy atom. The van der Waals surface area contributed by atoms with Gasteiger partial charge in [0.15, 0.2) is 0 Å². The van der Waals surface area contributed by atoms with E-state index in [9.17, 15) is 4.79 Å². The molecule has 5 heteroatoms. The van der Waals surface area contributed by atoms with Crippen molar-refractivity contribution in [1.29, 1.82) is 0 Å². The molecule has 0 spiro atoms. The first-order valence-corrected chi connectivity index (χ1v) is 6.07. The molecular weight excluding hydrogens is 206 g/mol. The number of hydrogen-bond donors (Lipinski definition) is 4. The fourth-order valence-corrected chi connectivity index (χ4v) is 1.44. The molecule has 0 amide bonds. The Bertz CT molecular complexity index is 177. The highest BCUT2D eigenvalue weighted by atomic mass is 16.4. The summed E-state index contributed by atoms with van der Waals surface area (Å²) in [7, 11) is 0. The van der Waals surface area contributed by atoms with E-state index in [0.717, 1.165) is 38.9 Å². The van der Waals surface area contributed by atoms with Gasteiger partial charge in [-0.05, 0) is 45.3 Å². The van der Waals surface area contributed by atoms with Gasteiger partial charge in [0.1, 0.15) is 6.04 Å². The van der Waals surface area contributed by atoms with Crippen molar-refractivity contribution in [2.24, 2.45) is 11.5 Å². The third-order valence-corrected chi connectivity index (χ3v) is 2.49. The van der Waals surface area contributed by atoms with E-state index in [-0.39, 0.29) is 0 Å². The molecule has 96 valence electrons. The van der Waals surface area contributed by atoms with E-state index in [1.807, 2.05) is 0 Å². The Morgan fingerprint density at radius 1 is 1.12 bits per heavy atom. The van der Waals surface area contributed by atoms with Gasteiger partial charge in [-0.3, -0.25) is 4.79 Å². The molecule has 6 N–H and O–H groups in total. The lowest BCUT2D eigenvalue weighted by Gasteiger charge is -2.07. The van der Waals surface area contributed by atoms with Gasteiger partial charge < -0.3 is 21.9 Å². The van der Waals surface area contributed by atoms with Crippen LogP contribution in [-0.2, 0) is 4.79 Å². The van der Waals surface area contributed by atoms with Gasteiger partial charge in [-0.15, -0.1) is 0 Å². The monoisotopic (exact) mass is 231 g/mol. The Labute approximate surface area is 97.6 Å². The maximum Gasteiger partial charge on any atom is 0.320 e. The number of carboxylic acid groups (broad SMARTS) is 1. The molecule has 0 aliphatic rings. The Kier molecular flexibility index (Phi) is 10.4. The molecule has 0 unspecified atom stereocenters. The van der Waals surface area contributed by atoms with E-state index in [0.29, 0.717) is 6.42 Å². The molecule has 5 nitrogen and oxygen atoms in total. The van der Waals surface area contributed by atoms with Crippen LogP contribution in [0, 0.1) is 0 Å². The zero-order chi connectivity index (χ0) is 12.2. The van der Waals surface area contributed by atoms with Crippen LogP contribution in [0.2, 0.25) is 0 Å². The summed E-state index contributed by atoms with van der Waals surface area (Å²) in [5.41, 5.74) is 10.8. The topological polar surface area (TPSA) is 101 Å². The number of nitrogens with one attached hydrogen (secondary N) is 1. The van der Waals surface area contributed by atoms with Crippen LogP contribution in [0.3, 0.4) is 0 Å². The summed E-state index contributed by atoms with van der Waals surface area (Å²) in [6, 6.07) is -0.716. The maximum absolute atomic E-state index is 10.4. The van der Waals surface area contributed by atoms with Crippen LogP contribution >= 0.6 is 0 Å². The minimum atomic E-state index is -0.915. The second kappa shape index (κ2) is 10.9. The van der Waals surface area contributed by atoms with Crippen LogP contribution in [-0.4, -0.2) is 36.8 Å². The largest absolute Gasteiger partial charge is 0.480 e. The van der Waals surface area contributed by atoms with E-state index < -0.39 is 12.0 Å². The minimum absolute atomic E-state index is 0.537. The summed E-state index contributed by atoms with van der Waals surface area (Å²) >= 11 is 0. The first-order chi connectivity index (χ1) is 7.68. The van der Waals surface area contributed by atoms with Crippen LogP contribution < -0.4 is 16.8 Å². The quantitative estimate of drug-likeness (QED) is 0.383. The lowest BCUT2D eigenvalue weighted by Crippen LogP contribution is -2.31. The molecule has 0 heterocycles. The Morgan fingerprint density at radius 2 is 1.75 bits per heavy atom. The molecule has 0 aromatic rings. The van der Waals surface area contributed by atoms with Crippen molar-refractivity contribution in [3.63, 3.8) is 0 Å². The number of carboxylic acids is 1. The average Bonchev–Trinajstić information content (AvgIpc) is 2.26. The molecule has 0 fully saturated rings. The minimum Gasteiger partial charge on any atom is -0.480 e. The van der Waals surface area contributed by atoms with E-state index in [1.54, 1.807) is 0 Å². The SMILES string of the molecule is NCCCCCCNCCC[C@H](N)C(=O)O. The highest BCUT2D eigenvalue weighted by Gasteiger charge is 2.09. The fraction of sp³-hybridized carbons (Fsp3) is 0.909. The second-order valence-electron chi connectivity index (χ2n) is 4.04. The summed E-state index contributed by atoms with van der Waals surface area (Å²) in [4.78, 5) is 10.4. The van der Waals surface area contributed by atoms with Crippen molar-refractivity contribution >= 4 is 5.97 Å². The van der Waals surface area contributed by atoms with Crippen LogP contribution in [0.4, 0.5) is 0 Å². The molecule has 0 radical (unpaired) electrons. The molecule has 0 aromatic carbocycles. The number of aliphatic carboxylic acids is 1. The predicted molar refractivity (Wildman–Crippen MR) is 65.2 cm³/mol. The van der Waals surface area contributed by atoms with Gasteiger partial charge in [-0.25, -0.2) is 0 Å². The normalized spacial score (nSPS) is 12.6. The third-order valence-electron chi connectivity index (χ3n) is 2.49. The summed E-state index contributed by atoms with van der Waals surface area (Å²) in [6.45, 7) is 2.62. The molecule has 0 aliphatic heterocycles. The maximum atomic E-state index is 10.4. The fourth-order valence-electron chi connectivity index (χ4n) is 1.44. The van der Waals surface area contributed by atoms with Crippen LogP contribution in [0.5, 0.6) is 0 Å². The molecule has 1 atom stereocenters. The van der Waals surface area contributed by atoms with Crippen LogP contribution in [0.25, 0.3) is 0 Å². The number of hydrogen-bond acceptors (Lipinski definition) is 4. The number of rotatable bonds is 11. The molecule has 16 heavy (non-hydrogen) atoms. The lowest BCUT2D eigenvalue weighted by molar-refractivity contribution is -0.138. The van der Waals surface area contributed by atoms with Gasteiger partial charge in [-0.1, -0.05) is 12.8 Å². The van der Waals surface area contributed by atoms with Crippen LogP contribution in [0.1, 0.15) is 38.5 Å². The number of nitrogens with two attached hydrogens (primary N) is 2.